The largest absolute Gasteiger partial charge is 0.492 e. The molecule has 3 nitrogen and oxygen atoms in total. The Hall–Kier alpha value is -2.69. The van der Waals surface area contributed by atoms with Crippen molar-refractivity contribution in [3.05, 3.63) is 71.2 Å². The van der Waals surface area contributed by atoms with E-state index in [1.165, 1.54) is 15.5 Å². The molecule has 0 aliphatic carbocycles. The van der Waals surface area contributed by atoms with Gasteiger partial charge in [0, 0.05) is 6.54 Å². The molecular formula is C25H26N2OS. The van der Waals surface area contributed by atoms with Crippen LogP contribution < -0.4 is 4.74 Å². The van der Waals surface area contributed by atoms with Crippen molar-refractivity contribution in [1.82, 2.24) is 9.88 Å². The summed E-state index contributed by atoms with van der Waals surface area (Å²) in [5.74, 6) is 0.918. The van der Waals surface area contributed by atoms with Gasteiger partial charge in [-0.25, -0.2) is 4.98 Å². The minimum atomic E-state index is 0.719. The third kappa shape index (κ3) is 4.84. The summed E-state index contributed by atoms with van der Waals surface area (Å²) in [4.78, 5) is 7.13. The van der Waals surface area contributed by atoms with Gasteiger partial charge in [0.15, 0.2) is 0 Å². The number of benzene rings is 3. The fraction of sp³-hybridized carbons (Fsp3) is 0.240. The highest BCUT2D eigenvalue weighted by molar-refractivity contribution is 7.19. The fourth-order valence-corrected chi connectivity index (χ4v) is 4.28. The van der Waals surface area contributed by atoms with Crippen LogP contribution in [0.25, 0.3) is 33.1 Å². The van der Waals surface area contributed by atoms with Gasteiger partial charge >= 0.3 is 0 Å². The molecule has 4 heteroatoms. The van der Waals surface area contributed by atoms with Crippen LogP contribution in [0.5, 0.6) is 5.75 Å². The quantitative estimate of drug-likeness (QED) is 0.344. The lowest BCUT2D eigenvalue weighted by Crippen LogP contribution is -2.27. The molecule has 3 aromatic carbocycles. The third-order valence-corrected chi connectivity index (χ3v) is 6.12. The molecule has 0 bridgehead atoms. The van der Waals surface area contributed by atoms with Gasteiger partial charge in [0.05, 0.1) is 10.2 Å². The van der Waals surface area contributed by atoms with Crippen LogP contribution in [0.2, 0.25) is 0 Å². The van der Waals surface area contributed by atoms with E-state index in [-0.39, 0.29) is 0 Å². The number of nitrogens with zero attached hydrogens (tertiary/aromatic N) is 2. The first-order valence-corrected chi connectivity index (χ1v) is 11.0. The first-order chi connectivity index (χ1) is 14.2. The molecule has 0 saturated heterocycles. The van der Waals surface area contributed by atoms with Gasteiger partial charge in [0.2, 0.25) is 0 Å². The number of aromatic nitrogens is 1. The summed E-state index contributed by atoms with van der Waals surface area (Å²) in [6, 6.07) is 21.1. The summed E-state index contributed by atoms with van der Waals surface area (Å²) in [6.45, 7) is 8.16. The van der Waals surface area contributed by atoms with E-state index < -0.39 is 0 Å². The molecule has 0 saturated carbocycles. The number of fused-ring (bicyclic) bond motifs is 2. The van der Waals surface area contributed by atoms with Crippen molar-refractivity contribution in [3.8, 4) is 5.75 Å². The molecule has 0 amide bonds. The topological polar surface area (TPSA) is 25.4 Å². The predicted octanol–water partition coefficient (Wildman–Crippen LogP) is 6.34. The van der Waals surface area contributed by atoms with Crippen LogP contribution >= 0.6 is 11.3 Å². The Morgan fingerprint density at radius 1 is 0.931 bits per heavy atom. The van der Waals surface area contributed by atoms with Crippen LogP contribution in [0.1, 0.15) is 24.4 Å². The Labute approximate surface area is 176 Å². The van der Waals surface area contributed by atoms with Gasteiger partial charge in [-0.2, -0.15) is 0 Å². The molecule has 4 rings (SSSR count). The van der Waals surface area contributed by atoms with Crippen LogP contribution in [-0.4, -0.2) is 36.1 Å². The molecule has 0 aliphatic heterocycles. The Balaban J connectivity index is 1.41. The molecule has 4 aromatic rings. The highest BCUT2D eigenvalue weighted by atomic mass is 32.1. The first kappa shape index (κ1) is 19.6. The van der Waals surface area contributed by atoms with E-state index in [4.69, 9.17) is 9.72 Å². The standard InChI is InChI=1S/C25H26N2OS/c1-3-27(4-2)15-16-28-22-12-9-19(10-13-22)11-14-25-26-23-17-20-7-5-6-8-21(20)18-24(23)29-25/h5-14,17-18H,3-4,15-16H2,1-2H3. The van der Waals surface area contributed by atoms with Crippen LogP contribution in [0, 0.1) is 0 Å². The van der Waals surface area contributed by atoms with Crippen LogP contribution in [0.4, 0.5) is 0 Å². The van der Waals surface area contributed by atoms with Gasteiger partial charge < -0.3 is 9.64 Å². The molecule has 0 spiro atoms. The summed E-state index contributed by atoms with van der Waals surface area (Å²) < 4.78 is 7.08. The van der Waals surface area contributed by atoms with E-state index >= 15 is 0 Å². The fourth-order valence-electron chi connectivity index (χ4n) is 3.38. The zero-order valence-corrected chi connectivity index (χ0v) is 17.8. The average molecular weight is 403 g/mol. The van der Waals surface area contributed by atoms with E-state index in [1.807, 2.05) is 12.1 Å². The number of likely N-dealkylation sites (N-methyl/N-ethyl adjacent to an activating group) is 1. The molecular weight excluding hydrogens is 376 g/mol. The van der Waals surface area contributed by atoms with E-state index in [9.17, 15) is 0 Å². The summed E-state index contributed by atoms with van der Waals surface area (Å²) in [5, 5.41) is 3.52. The molecule has 0 radical (unpaired) electrons. The molecule has 29 heavy (non-hydrogen) atoms. The predicted molar refractivity (Wildman–Crippen MR) is 126 cm³/mol. The van der Waals surface area contributed by atoms with E-state index in [0.29, 0.717) is 0 Å². The molecule has 0 fully saturated rings. The van der Waals surface area contributed by atoms with E-state index in [2.05, 4.69) is 79.4 Å². The van der Waals surface area contributed by atoms with Gasteiger partial charge in [0.1, 0.15) is 17.4 Å². The van der Waals surface area contributed by atoms with E-state index in [0.717, 1.165) is 48.1 Å². The van der Waals surface area contributed by atoms with Gasteiger partial charge in [-0.15, -0.1) is 11.3 Å². The molecule has 0 N–H and O–H groups in total. The number of hydrogen-bond acceptors (Lipinski definition) is 4. The highest BCUT2D eigenvalue weighted by Crippen LogP contribution is 2.28. The summed E-state index contributed by atoms with van der Waals surface area (Å²) in [5.41, 5.74) is 2.20. The lowest BCUT2D eigenvalue weighted by atomic mass is 10.1. The molecule has 0 unspecified atom stereocenters. The zero-order chi connectivity index (χ0) is 20.1. The Morgan fingerprint density at radius 2 is 1.66 bits per heavy atom. The normalized spacial score (nSPS) is 11.8. The number of thiazole rings is 1. The lowest BCUT2D eigenvalue weighted by molar-refractivity contribution is 0.223. The van der Waals surface area contributed by atoms with Crippen molar-refractivity contribution in [2.45, 2.75) is 13.8 Å². The van der Waals surface area contributed by atoms with Crippen molar-refractivity contribution in [2.75, 3.05) is 26.2 Å². The van der Waals surface area contributed by atoms with E-state index in [1.54, 1.807) is 11.3 Å². The maximum Gasteiger partial charge on any atom is 0.119 e. The SMILES string of the molecule is CCN(CC)CCOc1ccc(C=Cc2nc3cc4ccccc4cc3s2)cc1. The molecule has 148 valence electrons. The Morgan fingerprint density at radius 3 is 2.38 bits per heavy atom. The van der Waals surface area contributed by atoms with Crippen molar-refractivity contribution in [2.24, 2.45) is 0 Å². The van der Waals surface area contributed by atoms with Crippen LogP contribution in [0.3, 0.4) is 0 Å². The van der Waals surface area contributed by atoms with Crippen molar-refractivity contribution >= 4 is 44.5 Å². The average Bonchev–Trinajstić information content (AvgIpc) is 3.16. The van der Waals surface area contributed by atoms with Crippen LogP contribution in [0.15, 0.2) is 60.7 Å². The smallest absolute Gasteiger partial charge is 0.119 e. The summed E-state index contributed by atoms with van der Waals surface area (Å²) in [7, 11) is 0. The number of hydrogen-bond donors (Lipinski definition) is 0. The molecule has 0 aliphatic rings. The van der Waals surface area contributed by atoms with Gasteiger partial charge in [-0.3, -0.25) is 0 Å². The molecule has 1 heterocycles. The maximum atomic E-state index is 5.86. The molecule has 0 atom stereocenters. The first-order valence-electron chi connectivity index (χ1n) is 10.2. The van der Waals surface area contributed by atoms with Crippen LogP contribution in [-0.2, 0) is 0 Å². The van der Waals surface area contributed by atoms with Gasteiger partial charge in [-0.05, 0) is 59.8 Å². The van der Waals surface area contributed by atoms with Gasteiger partial charge in [0.25, 0.3) is 0 Å². The van der Waals surface area contributed by atoms with Gasteiger partial charge in [-0.1, -0.05) is 56.3 Å². The second-order valence-corrected chi connectivity index (χ2v) is 8.06. The monoisotopic (exact) mass is 402 g/mol. The second-order valence-electron chi connectivity index (χ2n) is 7.00. The van der Waals surface area contributed by atoms with Crippen molar-refractivity contribution < 1.29 is 4.74 Å². The zero-order valence-electron chi connectivity index (χ0n) is 17.0. The Bertz CT molecular complexity index is 1060. The second kappa shape index (κ2) is 9.21. The summed E-state index contributed by atoms with van der Waals surface area (Å²) >= 11 is 1.73. The lowest BCUT2D eigenvalue weighted by Gasteiger charge is -2.17. The number of ether oxygens (including phenoxy) is 1. The maximum absolute atomic E-state index is 5.86. The third-order valence-electron chi connectivity index (χ3n) is 5.14. The summed E-state index contributed by atoms with van der Waals surface area (Å²) in [6.07, 6.45) is 4.20. The van der Waals surface area contributed by atoms with Crippen molar-refractivity contribution in [3.63, 3.8) is 0 Å². The minimum Gasteiger partial charge on any atom is -0.492 e. The molecule has 1 aromatic heterocycles. The number of rotatable bonds is 8. The van der Waals surface area contributed by atoms with Crippen molar-refractivity contribution in [1.29, 1.82) is 0 Å². The highest BCUT2D eigenvalue weighted by Gasteiger charge is 2.04. The Kier molecular flexibility index (Phi) is 6.23. The minimum absolute atomic E-state index is 0.719.